The van der Waals surface area contributed by atoms with E-state index >= 15 is 0 Å². The lowest BCUT2D eigenvalue weighted by molar-refractivity contribution is 0.667. The van der Waals surface area contributed by atoms with Crippen LogP contribution in [0.15, 0.2) is 191 Å². The van der Waals surface area contributed by atoms with Gasteiger partial charge < -0.3 is 4.42 Å². The average Bonchev–Trinajstić information content (AvgIpc) is 3.83. The van der Waals surface area contributed by atoms with Crippen molar-refractivity contribution in [3.05, 3.63) is 210 Å². The van der Waals surface area contributed by atoms with E-state index in [1.54, 1.807) is 0 Å². The third kappa shape index (κ3) is 4.98. The SMILES string of the molecule is C1=C(c2ccc(-c3ccccc3)cc2)CC(c2cccc3oc4cccc(-c5ccccc5)c4c23)N=C1c1cc2c(c3ccccc13)Cc1ccccc1-2. The van der Waals surface area contributed by atoms with E-state index in [1.165, 1.54) is 77.5 Å². The van der Waals surface area contributed by atoms with Crippen LogP contribution in [0.3, 0.4) is 0 Å². The number of furan rings is 1. The molecule has 11 rings (SSSR count). The first-order chi connectivity index (χ1) is 26.8. The Labute approximate surface area is 314 Å². The van der Waals surface area contributed by atoms with Gasteiger partial charge in [0.15, 0.2) is 0 Å². The van der Waals surface area contributed by atoms with Gasteiger partial charge in [-0.15, -0.1) is 0 Å². The zero-order chi connectivity index (χ0) is 35.6. The molecule has 0 fully saturated rings. The monoisotopic (exact) mass is 689 g/mol. The van der Waals surface area contributed by atoms with E-state index in [0.29, 0.717) is 0 Å². The highest BCUT2D eigenvalue weighted by atomic mass is 16.3. The van der Waals surface area contributed by atoms with Gasteiger partial charge in [0, 0.05) is 16.3 Å². The quantitative estimate of drug-likeness (QED) is 0.177. The molecule has 2 heterocycles. The van der Waals surface area contributed by atoms with Gasteiger partial charge in [-0.1, -0.05) is 158 Å². The maximum absolute atomic E-state index is 6.60. The van der Waals surface area contributed by atoms with Crippen LogP contribution in [0.2, 0.25) is 0 Å². The molecule has 8 aromatic carbocycles. The first-order valence-corrected chi connectivity index (χ1v) is 18.8. The fourth-order valence-electron chi connectivity index (χ4n) is 8.95. The van der Waals surface area contributed by atoms with Gasteiger partial charge in [-0.2, -0.15) is 0 Å². The van der Waals surface area contributed by atoms with E-state index in [9.17, 15) is 0 Å². The Balaban J connectivity index is 1.13. The summed E-state index contributed by atoms with van der Waals surface area (Å²) >= 11 is 0. The normalized spacial score (nSPS) is 14.9. The molecule has 1 aliphatic heterocycles. The number of allylic oxidation sites excluding steroid dienone is 1. The van der Waals surface area contributed by atoms with Gasteiger partial charge in [-0.05, 0) is 109 Å². The van der Waals surface area contributed by atoms with Gasteiger partial charge in [0.2, 0.25) is 0 Å². The molecule has 9 aromatic rings. The number of dihydropyridines is 1. The molecule has 1 aromatic heterocycles. The van der Waals surface area contributed by atoms with Gasteiger partial charge in [-0.25, -0.2) is 0 Å². The van der Waals surface area contributed by atoms with E-state index in [1.807, 2.05) is 0 Å². The molecule has 1 atom stereocenters. The van der Waals surface area contributed by atoms with Gasteiger partial charge in [0.25, 0.3) is 0 Å². The summed E-state index contributed by atoms with van der Waals surface area (Å²) in [5.41, 5.74) is 17.9. The molecule has 2 nitrogen and oxygen atoms in total. The maximum Gasteiger partial charge on any atom is 0.136 e. The van der Waals surface area contributed by atoms with Gasteiger partial charge in [0.1, 0.15) is 11.2 Å². The second-order valence-electron chi connectivity index (χ2n) is 14.5. The minimum absolute atomic E-state index is 0.124. The summed E-state index contributed by atoms with van der Waals surface area (Å²) in [5, 5.41) is 4.85. The van der Waals surface area contributed by atoms with Crippen LogP contribution in [0, 0.1) is 0 Å². The van der Waals surface area contributed by atoms with Crippen LogP contribution >= 0.6 is 0 Å². The van der Waals surface area contributed by atoms with Crippen molar-refractivity contribution in [2.75, 3.05) is 0 Å². The molecule has 0 amide bonds. The van der Waals surface area contributed by atoms with Crippen LogP contribution in [0.4, 0.5) is 0 Å². The minimum Gasteiger partial charge on any atom is -0.456 e. The molecule has 0 spiro atoms. The van der Waals surface area contributed by atoms with E-state index in [0.717, 1.165) is 40.5 Å². The van der Waals surface area contributed by atoms with Crippen molar-refractivity contribution in [1.29, 1.82) is 0 Å². The molecule has 2 aliphatic rings. The molecule has 0 saturated heterocycles. The lowest BCUT2D eigenvalue weighted by Gasteiger charge is -2.24. The first-order valence-electron chi connectivity index (χ1n) is 18.8. The van der Waals surface area contributed by atoms with Gasteiger partial charge in [-0.3, -0.25) is 4.99 Å². The Hall–Kier alpha value is -6.77. The highest BCUT2D eigenvalue weighted by molar-refractivity contribution is 6.21. The largest absolute Gasteiger partial charge is 0.456 e. The molecular formula is C52H35NO. The molecular weight excluding hydrogens is 655 g/mol. The maximum atomic E-state index is 6.60. The van der Waals surface area contributed by atoms with Crippen molar-refractivity contribution in [3.63, 3.8) is 0 Å². The Morgan fingerprint density at radius 1 is 0.463 bits per heavy atom. The Morgan fingerprint density at radius 2 is 1.09 bits per heavy atom. The standard InChI is InChI=1S/C52H35NO/c1-3-13-33(14-4-1)34-25-27-35(28-26-34)38-30-47(43-22-12-24-50-52(43)51-40(21-11-23-49(51)54-50)36-15-5-2-6-16-36)53-48(31-38)46-32-45-39-18-8-7-17-37(39)29-44(45)41-19-9-10-20-42(41)46/h1-28,31-32,47H,29-30H2. The van der Waals surface area contributed by atoms with Crippen LogP contribution in [0.1, 0.15) is 40.3 Å². The van der Waals surface area contributed by atoms with Crippen molar-refractivity contribution in [2.45, 2.75) is 18.9 Å². The van der Waals surface area contributed by atoms with Gasteiger partial charge >= 0.3 is 0 Å². The van der Waals surface area contributed by atoms with Crippen LogP contribution in [0.5, 0.6) is 0 Å². The van der Waals surface area contributed by atoms with Crippen molar-refractivity contribution >= 4 is 44.0 Å². The van der Waals surface area contributed by atoms with Crippen LogP contribution in [0.25, 0.3) is 71.7 Å². The summed E-state index contributed by atoms with van der Waals surface area (Å²) < 4.78 is 6.60. The van der Waals surface area contributed by atoms with E-state index in [4.69, 9.17) is 9.41 Å². The minimum atomic E-state index is -0.124. The molecule has 0 N–H and O–H groups in total. The zero-order valence-electron chi connectivity index (χ0n) is 29.7. The predicted octanol–water partition coefficient (Wildman–Crippen LogP) is 13.7. The number of rotatable bonds is 5. The van der Waals surface area contributed by atoms with E-state index in [2.05, 4.69) is 182 Å². The van der Waals surface area contributed by atoms with Gasteiger partial charge in [0.05, 0.1) is 11.8 Å². The summed E-state index contributed by atoms with van der Waals surface area (Å²) in [5.74, 6) is 0. The smallest absolute Gasteiger partial charge is 0.136 e. The summed E-state index contributed by atoms with van der Waals surface area (Å²) in [4.78, 5) is 5.73. The molecule has 1 unspecified atom stereocenters. The number of hydrogen-bond acceptors (Lipinski definition) is 2. The first kappa shape index (κ1) is 30.8. The molecule has 0 bridgehead atoms. The lowest BCUT2D eigenvalue weighted by Crippen LogP contribution is -2.11. The third-order valence-electron chi connectivity index (χ3n) is 11.5. The Bertz CT molecular complexity index is 2970. The second kappa shape index (κ2) is 12.4. The molecule has 54 heavy (non-hydrogen) atoms. The summed E-state index contributed by atoms with van der Waals surface area (Å²) in [7, 11) is 0. The van der Waals surface area contributed by atoms with Crippen LogP contribution < -0.4 is 0 Å². The lowest BCUT2D eigenvalue weighted by atomic mass is 9.85. The van der Waals surface area contributed by atoms with Crippen molar-refractivity contribution in [3.8, 4) is 33.4 Å². The zero-order valence-corrected chi connectivity index (χ0v) is 29.7. The highest BCUT2D eigenvalue weighted by Gasteiger charge is 2.28. The van der Waals surface area contributed by atoms with Crippen LogP contribution in [-0.4, -0.2) is 5.71 Å². The fraction of sp³-hybridized carbons (Fsp3) is 0.0577. The predicted molar refractivity (Wildman–Crippen MR) is 225 cm³/mol. The van der Waals surface area contributed by atoms with Crippen molar-refractivity contribution in [1.82, 2.24) is 0 Å². The molecule has 1 aliphatic carbocycles. The van der Waals surface area contributed by atoms with E-state index < -0.39 is 0 Å². The Kier molecular flexibility index (Phi) is 7.09. The average molecular weight is 690 g/mol. The summed E-state index contributed by atoms with van der Waals surface area (Å²) in [6, 6.07) is 63.3. The number of benzene rings is 8. The summed E-state index contributed by atoms with van der Waals surface area (Å²) in [6.07, 6.45) is 4.08. The fourth-order valence-corrected chi connectivity index (χ4v) is 8.95. The van der Waals surface area contributed by atoms with Crippen LogP contribution in [-0.2, 0) is 6.42 Å². The molecule has 0 saturated carbocycles. The molecule has 0 radical (unpaired) electrons. The highest BCUT2D eigenvalue weighted by Crippen LogP contribution is 2.46. The number of aliphatic imine (C=N–C) groups is 1. The topological polar surface area (TPSA) is 25.5 Å². The van der Waals surface area contributed by atoms with Crippen molar-refractivity contribution in [2.24, 2.45) is 4.99 Å². The van der Waals surface area contributed by atoms with E-state index in [-0.39, 0.29) is 6.04 Å². The second-order valence-corrected chi connectivity index (χ2v) is 14.5. The molecule has 2 heteroatoms. The third-order valence-corrected chi connectivity index (χ3v) is 11.5. The summed E-state index contributed by atoms with van der Waals surface area (Å²) in [6.45, 7) is 0. The van der Waals surface area contributed by atoms with Crippen molar-refractivity contribution < 1.29 is 4.42 Å². The number of fused-ring (bicyclic) bond motifs is 8. The number of nitrogens with zero attached hydrogens (tertiary/aromatic N) is 1. The molecule has 254 valence electrons. The Morgan fingerprint density at radius 3 is 1.91 bits per heavy atom. The number of hydrogen-bond donors (Lipinski definition) is 0.